The summed E-state index contributed by atoms with van der Waals surface area (Å²) in [6, 6.07) is 1.04. The van der Waals surface area contributed by atoms with Gasteiger partial charge in [0.25, 0.3) is 0 Å². The fraction of sp³-hybridized carbons (Fsp3) is 0.400. The highest BCUT2D eigenvalue weighted by molar-refractivity contribution is 6.30. The van der Waals surface area contributed by atoms with E-state index in [-0.39, 0.29) is 10.6 Å². The second-order valence-electron chi connectivity index (χ2n) is 3.26. The van der Waals surface area contributed by atoms with Crippen LogP contribution in [0, 0.1) is 11.6 Å². The van der Waals surface area contributed by atoms with E-state index in [9.17, 15) is 13.9 Å². The number of aliphatic hydroxyl groups excluding tert-OH is 1. The molecule has 84 valence electrons. The SMILES string of the molecule is CC[C@@H](O)[C@@H](N)c1c(F)ccc(Cl)c1F. The Labute approximate surface area is 91.7 Å². The van der Waals surface area contributed by atoms with E-state index < -0.39 is 23.8 Å². The molecule has 0 aliphatic carbocycles. The Morgan fingerprint density at radius 2 is 2.07 bits per heavy atom. The Kier molecular flexibility index (Phi) is 4.02. The standard InChI is InChI=1S/C10H12ClF2NO/c1-2-7(15)10(14)8-6(12)4-3-5(11)9(8)13/h3-4,7,10,15H,2,14H2,1H3/t7-,10-/m1/s1. The fourth-order valence-electron chi connectivity index (χ4n) is 1.29. The van der Waals surface area contributed by atoms with Crippen LogP contribution >= 0.6 is 11.6 Å². The maximum atomic E-state index is 13.4. The summed E-state index contributed by atoms with van der Waals surface area (Å²) in [5.74, 6) is -1.70. The van der Waals surface area contributed by atoms with Crippen molar-refractivity contribution in [1.82, 2.24) is 0 Å². The summed E-state index contributed by atoms with van der Waals surface area (Å²) in [6.07, 6.45) is -0.681. The number of aliphatic hydroxyl groups is 1. The van der Waals surface area contributed by atoms with Crippen LogP contribution in [0.15, 0.2) is 12.1 Å². The molecular weight excluding hydrogens is 224 g/mol. The van der Waals surface area contributed by atoms with Gasteiger partial charge in [0.1, 0.15) is 11.6 Å². The van der Waals surface area contributed by atoms with E-state index in [4.69, 9.17) is 17.3 Å². The van der Waals surface area contributed by atoms with Gasteiger partial charge in [0, 0.05) is 5.56 Å². The lowest BCUT2D eigenvalue weighted by molar-refractivity contribution is 0.137. The number of benzene rings is 1. The fourth-order valence-corrected chi connectivity index (χ4v) is 1.46. The van der Waals surface area contributed by atoms with E-state index >= 15 is 0 Å². The van der Waals surface area contributed by atoms with E-state index in [0.717, 1.165) is 12.1 Å². The molecule has 1 aromatic carbocycles. The zero-order valence-electron chi connectivity index (χ0n) is 8.17. The molecule has 15 heavy (non-hydrogen) atoms. The van der Waals surface area contributed by atoms with Crippen LogP contribution in [0.5, 0.6) is 0 Å². The summed E-state index contributed by atoms with van der Waals surface area (Å²) in [7, 11) is 0. The van der Waals surface area contributed by atoms with Crippen molar-refractivity contribution in [2.24, 2.45) is 5.73 Å². The number of hydrogen-bond acceptors (Lipinski definition) is 2. The molecule has 0 spiro atoms. The molecular formula is C10H12ClF2NO. The molecule has 2 atom stereocenters. The Morgan fingerprint density at radius 3 is 2.60 bits per heavy atom. The maximum Gasteiger partial charge on any atom is 0.149 e. The molecule has 5 heteroatoms. The zero-order chi connectivity index (χ0) is 11.6. The van der Waals surface area contributed by atoms with Crippen molar-refractivity contribution in [3.63, 3.8) is 0 Å². The first-order valence-electron chi connectivity index (χ1n) is 4.56. The van der Waals surface area contributed by atoms with Gasteiger partial charge in [-0.1, -0.05) is 18.5 Å². The van der Waals surface area contributed by atoms with Crippen molar-refractivity contribution in [2.75, 3.05) is 0 Å². The van der Waals surface area contributed by atoms with Crippen LogP contribution in [0.3, 0.4) is 0 Å². The summed E-state index contributed by atoms with van der Waals surface area (Å²) in [4.78, 5) is 0. The van der Waals surface area contributed by atoms with Crippen molar-refractivity contribution in [3.05, 3.63) is 34.4 Å². The highest BCUT2D eigenvalue weighted by atomic mass is 35.5. The number of hydrogen-bond donors (Lipinski definition) is 2. The Balaban J connectivity index is 3.18. The van der Waals surface area contributed by atoms with Crippen LogP contribution in [-0.2, 0) is 0 Å². The summed E-state index contributed by atoms with van der Waals surface area (Å²) >= 11 is 5.50. The minimum atomic E-state index is -1.10. The number of halogens is 3. The first kappa shape index (κ1) is 12.4. The second kappa shape index (κ2) is 4.88. The largest absolute Gasteiger partial charge is 0.391 e. The molecule has 3 N–H and O–H groups in total. The highest BCUT2D eigenvalue weighted by Crippen LogP contribution is 2.27. The predicted octanol–water partition coefficient (Wildman–Crippen LogP) is 2.39. The highest BCUT2D eigenvalue weighted by Gasteiger charge is 2.23. The minimum Gasteiger partial charge on any atom is -0.391 e. The Hall–Kier alpha value is -0.710. The first-order chi connectivity index (χ1) is 6.99. The lowest BCUT2D eigenvalue weighted by Gasteiger charge is -2.19. The van der Waals surface area contributed by atoms with Crippen LogP contribution in [0.25, 0.3) is 0 Å². The molecule has 1 rings (SSSR count). The molecule has 0 saturated heterocycles. The molecule has 0 radical (unpaired) electrons. The van der Waals surface area contributed by atoms with Gasteiger partial charge >= 0.3 is 0 Å². The molecule has 2 nitrogen and oxygen atoms in total. The van der Waals surface area contributed by atoms with Gasteiger partial charge in [-0.3, -0.25) is 0 Å². The van der Waals surface area contributed by atoms with Crippen molar-refractivity contribution in [1.29, 1.82) is 0 Å². The van der Waals surface area contributed by atoms with Gasteiger partial charge in [-0.15, -0.1) is 0 Å². The second-order valence-corrected chi connectivity index (χ2v) is 3.67. The molecule has 0 heterocycles. The van der Waals surface area contributed by atoms with E-state index in [1.54, 1.807) is 6.92 Å². The van der Waals surface area contributed by atoms with Gasteiger partial charge in [-0.05, 0) is 18.6 Å². The average molecular weight is 236 g/mol. The first-order valence-corrected chi connectivity index (χ1v) is 4.93. The molecule has 0 fully saturated rings. The summed E-state index contributed by atoms with van der Waals surface area (Å²) < 4.78 is 26.7. The van der Waals surface area contributed by atoms with Gasteiger partial charge in [0.05, 0.1) is 17.2 Å². The monoisotopic (exact) mass is 235 g/mol. The summed E-state index contributed by atoms with van der Waals surface area (Å²) in [5.41, 5.74) is 5.17. The Morgan fingerprint density at radius 1 is 1.47 bits per heavy atom. The minimum absolute atomic E-state index is 0.204. The average Bonchev–Trinajstić information content (AvgIpc) is 2.22. The number of nitrogens with two attached hydrogens (primary N) is 1. The van der Waals surface area contributed by atoms with Gasteiger partial charge in [0.15, 0.2) is 0 Å². The van der Waals surface area contributed by atoms with Crippen molar-refractivity contribution in [3.8, 4) is 0 Å². The third-order valence-electron chi connectivity index (χ3n) is 2.25. The molecule has 0 aliphatic heterocycles. The van der Waals surface area contributed by atoms with Crippen LogP contribution in [-0.4, -0.2) is 11.2 Å². The third-order valence-corrected chi connectivity index (χ3v) is 2.54. The molecule has 0 aromatic heterocycles. The number of rotatable bonds is 3. The van der Waals surface area contributed by atoms with E-state index in [1.165, 1.54) is 0 Å². The van der Waals surface area contributed by atoms with Crippen LogP contribution in [0.1, 0.15) is 24.9 Å². The van der Waals surface area contributed by atoms with Crippen LogP contribution in [0.4, 0.5) is 8.78 Å². The maximum absolute atomic E-state index is 13.4. The van der Waals surface area contributed by atoms with Crippen molar-refractivity contribution in [2.45, 2.75) is 25.5 Å². The molecule has 0 bridgehead atoms. The summed E-state index contributed by atoms with van der Waals surface area (Å²) in [5, 5.41) is 9.21. The van der Waals surface area contributed by atoms with E-state index in [1.807, 2.05) is 0 Å². The predicted molar refractivity (Wildman–Crippen MR) is 54.6 cm³/mol. The third kappa shape index (κ3) is 2.45. The van der Waals surface area contributed by atoms with Gasteiger partial charge in [0.2, 0.25) is 0 Å². The van der Waals surface area contributed by atoms with E-state index in [0.29, 0.717) is 6.42 Å². The molecule has 0 aliphatic rings. The van der Waals surface area contributed by atoms with E-state index in [2.05, 4.69) is 0 Å². The molecule has 0 amide bonds. The van der Waals surface area contributed by atoms with Gasteiger partial charge in [-0.25, -0.2) is 8.78 Å². The van der Waals surface area contributed by atoms with Crippen LogP contribution in [0.2, 0.25) is 5.02 Å². The lowest BCUT2D eigenvalue weighted by Crippen LogP contribution is -2.27. The molecule has 0 unspecified atom stereocenters. The van der Waals surface area contributed by atoms with Gasteiger partial charge in [-0.2, -0.15) is 0 Å². The molecule has 1 aromatic rings. The van der Waals surface area contributed by atoms with Crippen LogP contribution < -0.4 is 5.73 Å². The van der Waals surface area contributed by atoms with Crippen molar-refractivity contribution >= 4 is 11.6 Å². The molecule has 0 saturated carbocycles. The summed E-state index contributed by atoms with van der Waals surface area (Å²) in [6.45, 7) is 1.67. The smallest absolute Gasteiger partial charge is 0.149 e. The lowest BCUT2D eigenvalue weighted by atomic mass is 9.99. The normalized spacial score (nSPS) is 15.1. The van der Waals surface area contributed by atoms with Gasteiger partial charge < -0.3 is 10.8 Å². The van der Waals surface area contributed by atoms with Crippen molar-refractivity contribution < 1.29 is 13.9 Å². The Bertz CT molecular complexity index is 360. The topological polar surface area (TPSA) is 46.2 Å². The zero-order valence-corrected chi connectivity index (χ0v) is 8.93. The quantitative estimate of drug-likeness (QED) is 0.791.